The lowest BCUT2D eigenvalue weighted by molar-refractivity contribution is 0.181. The van der Waals surface area contributed by atoms with Crippen molar-refractivity contribution in [2.75, 3.05) is 0 Å². The number of hydrogen-bond donors (Lipinski definition) is 1. The van der Waals surface area contributed by atoms with E-state index in [2.05, 4.69) is 5.10 Å². The molecule has 0 radical (unpaired) electrons. The molecule has 4 nitrogen and oxygen atoms in total. The maximum atomic E-state index is 10.4. The second-order valence-electron chi connectivity index (χ2n) is 4.37. The van der Waals surface area contributed by atoms with Crippen LogP contribution in [0.15, 0.2) is 59.3 Å². The van der Waals surface area contributed by atoms with Gasteiger partial charge in [-0.1, -0.05) is 18.2 Å². The highest BCUT2D eigenvalue weighted by atomic mass is 16.4. The Kier molecular flexibility index (Phi) is 2.93. The van der Waals surface area contributed by atoms with Gasteiger partial charge in [0.05, 0.1) is 17.6 Å². The molecule has 0 fully saturated rings. The molecule has 0 amide bonds. The molecule has 1 N–H and O–H groups in total. The molecule has 1 aromatic carbocycles. The minimum absolute atomic E-state index is 0.553. The second-order valence-corrected chi connectivity index (χ2v) is 4.37. The summed E-state index contributed by atoms with van der Waals surface area (Å²) in [5.74, 6) is 0.553. The van der Waals surface area contributed by atoms with Crippen molar-refractivity contribution >= 4 is 0 Å². The number of aliphatic hydroxyl groups excluding tert-OH is 1. The third kappa shape index (κ3) is 2.06. The summed E-state index contributed by atoms with van der Waals surface area (Å²) in [6.45, 7) is 1.91. The zero-order valence-electron chi connectivity index (χ0n) is 10.5. The molecule has 0 aliphatic carbocycles. The van der Waals surface area contributed by atoms with Crippen LogP contribution in [0.2, 0.25) is 0 Å². The summed E-state index contributed by atoms with van der Waals surface area (Å²) in [5.41, 5.74) is 2.52. The van der Waals surface area contributed by atoms with Gasteiger partial charge in [0.1, 0.15) is 5.76 Å². The van der Waals surface area contributed by atoms with Crippen LogP contribution in [0.5, 0.6) is 0 Å². The first-order valence-corrected chi connectivity index (χ1v) is 6.09. The van der Waals surface area contributed by atoms with Crippen molar-refractivity contribution in [2.24, 2.45) is 0 Å². The van der Waals surface area contributed by atoms with Crippen LogP contribution < -0.4 is 0 Å². The summed E-state index contributed by atoms with van der Waals surface area (Å²) in [7, 11) is 0. The number of benzene rings is 1. The standard InChI is InChI=1S/C15H14N2O2/c1-11-8-10-19-15(11)14(18)13-7-9-16-17(13)12-5-3-2-4-6-12/h2-10,14,18H,1H3. The Labute approximate surface area is 110 Å². The first kappa shape index (κ1) is 11.7. The predicted octanol–water partition coefficient (Wildman–Crippen LogP) is 2.86. The van der Waals surface area contributed by atoms with Crippen LogP contribution >= 0.6 is 0 Å². The lowest BCUT2D eigenvalue weighted by atomic mass is 10.1. The average Bonchev–Trinajstić information content (AvgIpc) is 3.07. The smallest absolute Gasteiger partial charge is 0.154 e. The van der Waals surface area contributed by atoms with Crippen molar-refractivity contribution in [2.45, 2.75) is 13.0 Å². The molecule has 0 saturated carbocycles. The molecule has 0 spiro atoms. The minimum atomic E-state index is -0.822. The normalized spacial score (nSPS) is 12.5. The minimum Gasteiger partial charge on any atom is -0.466 e. The van der Waals surface area contributed by atoms with Gasteiger partial charge in [0.15, 0.2) is 6.10 Å². The molecule has 19 heavy (non-hydrogen) atoms. The van der Waals surface area contributed by atoms with E-state index in [-0.39, 0.29) is 0 Å². The molecule has 3 rings (SSSR count). The number of aryl methyl sites for hydroxylation is 1. The Morgan fingerprint density at radius 1 is 1.16 bits per heavy atom. The van der Waals surface area contributed by atoms with Crippen molar-refractivity contribution in [3.05, 3.63) is 71.9 Å². The highest BCUT2D eigenvalue weighted by Crippen LogP contribution is 2.26. The van der Waals surface area contributed by atoms with Crippen LogP contribution in [0.25, 0.3) is 5.69 Å². The number of hydrogen-bond acceptors (Lipinski definition) is 3. The molecule has 0 saturated heterocycles. The van der Waals surface area contributed by atoms with Gasteiger partial charge in [-0.05, 0) is 36.8 Å². The number of rotatable bonds is 3. The number of aromatic nitrogens is 2. The third-order valence-corrected chi connectivity index (χ3v) is 3.10. The largest absolute Gasteiger partial charge is 0.466 e. The van der Waals surface area contributed by atoms with Gasteiger partial charge in [-0.3, -0.25) is 0 Å². The molecule has 96 valence electrons. The average molecular weight is 254 g/mol. The summed E-state index contributed by atoms with van der Waals surface area (Å²) < 4.78 is 7.06. The number of nitrogens with zero attached hydrogens (tertiary/aromatic N) is 2. The molecule has 3 aromatic rings. The van der Waals surface area contributed by atoms with Gasteiger partial charge in [0.2, 0.25) is 0 Å². The molecule has 0 aliphatic heterocycles. The third-order valence-electron chi connectivity index (χ3n) is 3.10. The molecule has 1 unspecified atom stereocenters. The Bertz CT molecular complexity index is 670. The summed E-state index contributed by atoms with van der Waals surface area (Å²) in [4.78, 5) is 0. The molecule has 2 aromatic heterocycles. The van der Waals surface area contributed by atoms with Gasteiger partial charge in [-0.2, -0.15) is 5.10 Å². The van der Waals surface area contributed by atoms with Crippen LogP contribution in [0, 0.1) is 6.92 Å². The Morgan fingerprint density at radius 2 is 1.95 bits per heavy atom. The number of furan rings is 1. The quantitative estimate of drug-likeness (QED) is 0.782. The summed E-state index contributed by atoms with van der Waals surface area (Å²) in [6.07, 6.45) is 2.43. The van der Waals surface area contributed by atoms with Crippen molar-refractivity contribution in [1.29, 1.82) is 0 Å². The Morgan fingerprint density at radius 3 is 2.63 bits per heavy atom. The van der Waals surface area contributed by atoms with E-state index in [1.54, 1.807) is 23.2 Å². The van der Waals surface area contributed by atoms with Crippen molar-refractivity contribution < 1.29 is 9.52 Å². The van der Waals surface area contributed by atoms with Gasteiger partial charge in [0, 0.05) is 6.20 Å². The summed E-state index contributed by atoms with van der Waals surface area (Å²) in [6, 6.07) is 13.3. The summed E-state index contributed by atoms with van der Waals surface area (Å²) >= 11 is 0. The van der Waals surface area contributed by atoms with E-state index in [1.165, 1.54) is 0 Å². The second kappa shape index (κ2) is 4.74. The first-order chi connectivity index (χ1) is 9.27. The van der Waals surface area contributed by atoms with Crippen LogP contribution in [0.1, 0.15) is 23.1 Å². The Balaban J connectivity index is 2.04. The van der Waals surface area contributed by atoms with Gasteiger partial charge in [-0.25, -0.2) is 4.68 Å². The van der Waals surface area contributed by atoms with E-state index in [9.17, 15) is 5.11 Å². The predicted molar refractivity (Wildman–Crippen MR) is 71.1 cm³/mol. The molecule has 1 atom stereocenters. The Hall–Kier alpha value is -2.33. The highest BCUT2D eigenvalue weighted by Gasteiger charge is 2.20. The van der Waals surface area contributed by atoms with Gasteiger partial charge in [-0.15, -0.1) is 0 Å². The lowest BCUT2D eigenvalue weighted by Crippen LogP contribution is -2.08. The van der Waals surface area contributed by atoms with Crippen LogP contribution in [-0.4, -0.2) is 14.9 Å². The molecule has 2 heterocycles. The SMILES string of the molecule is Cc1ccoc1C(O)c1ccnn1-c1ccccc1. The molecular formula is C15H14N2O2. The molecule has 0 aliphatic rings. The topological polar surface area (TPSA) is 51.2 Å². The fraction of sp³-hybridized carbons (Fsp3) is 0.133. The number of aliphatic hydroxyl groups is 1. The maximum absolute atomic E-state index is 10.4. The van der Waals surface area contributed by atoms with E-state index in [0.717, 1.165) is 11.3 Å². The van der Waals surface area contributed by atoms with Gasteiger partial charge >= 0.3 is 0 Å². The number of para-hydroxylation sites is 1. The fourth-order valence-corrected chi connectivity index (χ4v) is 2.10. The van der Waals surface area contributed by atoms with E-state index in [0.29, 0.717) is 11.5 Å². The van der Waals surface area contributed by atoms with Crippen LogP contribution in [-0.2, 0) is 0 Å². The van der Waals surface area contributed by atoms with Crippen molar-refractivity contribution in [3.8, 4) is 5.69 Å². The van der Waals surface area contributed by atoms with E-state index < -0.39 is 6.10 Å². The maximum Gasteiger partial charge on any atom is 0.154 e. The van der Waals surface area contributed by atoms with Crippen molar-refractivity contribution in [1.82, 2.24) is 9.78 Å². The summed E-state index contributed by atoms with van der Waals surface area (Å²) in [5, 5.41) is 14.7. The van der Waals surface area contributed by atoms with Gasteiger partial charge < -0.3 is 9.52 Å². The fourth-order valence-electron chi connectivity index (χ4n) is 2.10. The first-order valence-electron chi connectivity index (χ1n) is 6.09. The van der Waals surface area contributed by atoms with Crippen LogP contribution in [0.4, 0.5) is 0 Å². The molecular weight excluding hydrogens is 240 g/mol. The highest BCUT2D eigenvalue weighted by molar-refractivity contribution is 5.35. The van der Waals surface area contributed by atoms with Gasteiger partial charge in [0.25, 0.3) is 0 Å². The zero-order chi connectivity index (χ0) is 13.2. The molecule has 4 heteroatoms. The van der Waals surface area contributed by atoms with E-state index >= 15 is 0 Å². The lowest BCUT2D eigenvalue weighted by Gasteiger charge is -2.12. The van der Waals surface area contributed by atoms with E-state index in [1.807, 2.05) is 43.3 Å². The monoisotopic (exact) mass is 254 g/mol. The van der Waals surface area contributed by atoms with Crippen molar-refractivity contribution in [3.63, 3.8) is 0 Å². The van der Waals surface area contributed by atoms with Crippen LogP contribution in [0.3, 0.4) is 0 Å². The zero-order valence-corrected chi connectivity index (χ0v) is 10.5. The molecule has 0 bridgehead atoms. The van der Waals surface area contributed by atoms with E-state index in [4.69, 9.17) is 4.42 Å².